The lowest BCUT2D eigenvalue weighted by Crippen LogP contribution is -1.97. The lowest BCUT2D eigenvalue weighted by Gasteiger charge is -2.01. The second kappa shape index (κ2) is 6.74. The molecule has 0 radical (unpaired) electrons. The molecule has 0 aliphatic rings. The molecule has 0 saturated carbocycles. The highest BCUT2D eigenvalue weighted by Gasteiger charge is 2.05. The van der Waals surface area contributed by atoms with Crippen LogP contribution in [0.5, 0.6) is 0 Å². The Morgan fingerprint density at radius 2 is 1.82 bits per heavy atom. The Morgan fingerprint density at radius 1 is 1.12 bits per heavy atom. The summed E-state index contributed by atoms with van der Waals surface area (Å²) >= 11 is 5.77. The fourth-order valence-corrected chi connectivity index (χ4v) is 2.46. The quantitative estimate of drug-likeness (QED) is 0.865. The van der Waals surface area contributed by atoms with Gasteiger partial charge in [-0.2, -0.15) is 0 Å². The number of aromatic nitrogens is 1. The van der Waals surface area contributed by atoms with Crippen LogP contribution in [0.1, 0.15) is 5.69 Å². The van der Waals surface area contributed by atoms with Gasteiger partial charge in [-0.1, -0.05) is 17.7 Å². The molecule has 0 aliphatic carbocycles. The molecule has 5 heteroatoms. The van der Waals surface area contributed by atoms with Crippen LogP contribution in [0.25, 0.3) is 0 Å². The van der Waals surface area contributed by atoms with Crippen molar-refractivity contribution >= 4 is 34.8 Å². The molecule has 0 bridgehead atoms. The average Bonchev–Trinajstić information content (AvgIpc) is 2.31. The molecule has 1 aromatic carbocycles. The fourth-order valence-electron chi connectivity index (χ4n) is 1.29. The number of pyridine rings is 1. The zero-order chi connectivity index (χ0) is 11.4. The molecule has 1 unspecified atom stereocenters. The summed E-state index contributed by atoms with van der Waals surface area (Å²) in [6.07, 6.45) is 1.70. The standard InChI is InChI=1S/C12H10ClNOS.ClH/c13-10-4-6-12(7-5-10)16(15)9-11-3-1-2-8-14-11;/h1-8H,9H2;1H. The Morgan fingerprint density at radius 3 is 2.41 bits per heavy atom. The second-order valence-corrected chi connectivity index (χ2v) is 5.15. The van der Waals surface area contributed by atoms with Crippen molar-refractivity contribution in [2.24, 2.45) is 0 Å². The van der Waals surface area contributed by atoms with E-state index in [1.54, 1.807) is 30.5 Å². The van der Waals surface area contributed by atoms with E-state index in [1.165, 1.54) is 0 Å². The molecule has 0 spiro atoms. The molecule has 0 amide bonds. The summed E-state index contributed by atoms with van der Waals surface area (Å²) in [6, 6.07) is 12.6. The number of hydrogen-bond donors (Lipinski definition) is 0. The highest BCUT2D eigenvalue weighted by Crippen LogP contribution is 2.14. The van der Waals surface area contributed by atoms with Gasteiger partial charge in [-0.3, -0.25) is 9.19 Å². The van der Waals surface area contributed by atoms with E-state index in [1.807, 2.05) is 18.2 Å². The van der Waals surface area contributed by atoms with E-state index >= 15 is 0 Å². The van der Waals surface area contributed by atoms with Crippen LogP contribution in [-0.4, -0.2) is 9.19 Å². The third kappa shape index (κ3) is 4.11. The molecule has 1 aromatic heterocycles. The van der Waals surface area contributed by atoms with Crippen LogP contribution >= 0.6 is 24.0 Å². The van der Waals surface area contributed by atoms with Gasteiger partial charge in [0.05, 0.1) is 22.2 Å². The minimum atomic E-state index is -1.06. The normalized spacial score (nSPS) is 11.6. The molecule has 0 aliphatic heterocycles. The fraction of sp³-hybridized carbons (Fsp3) is 0.0833. The molecule has 1 atom stereocenters. The lowest BCUT2D eigenvalue weighted by molar-refractivity contribution is 0.682. The SMILES string of the molecule is Cl.O=S(Cc1ccccn1)c1ccc(Cl)cc1. The van der Waals surface area contributed by atoms with Gasteiger partial charge in [0, 0.05) is 16.1 Å². The molecule has 0 fully saturated rings. The van der Waals surface area contributed by atoms with Gasteiger partial charge >= 0.3 is 0 Å². The largest absolute Gasteiger partial charge is 0.260 e. The summed E-state index contributed by atoms with van der Waals surface area (Å²) in [7, 11) is -1.06. The van der Waals surface area contributed by atoms with Crippen LogP contribution in [0.15, 0.2) is 53.6 Å². The smallest absolute Gasteiger partial charge is 0.0705 e. The predicted molar refractivity (Wildman–Crippen MR) is 73.0 cm³/mol. The Balaban J connectivity index is 0.00000144. The summed E-state index contributed by atoms with van der Waals surface area (Å²) in [5.74, 6) is 0.433. The maximum Gasteiger partial charge on any atom is 0.0705 e. The first-order valence-corrected chi connectivity index (χ1v) is 6.49. The zero-order valence-electron chi connectivity index (χ0n) is 8.88. The Hall–Kier alpha value is -0.900. The summed E-state index contributed by atoms with van der Waals surface area (Å²) in [5.41, 5.74) is 0.829. The van der Waals surface area contributed by atoms with Gasteiger partial charge in [0.15, 0.2) is 0 Å². The molecular formula is C12H11Cl2NOS. The van der Waals surface area contributed by atoms with E-state index in [-0.39, 0.29) is 12.4 Å². The Bertz CT molecular complexity index is 488. The van der Waals surface area contributed by atoms with Crippen LogP contribution in [0, 0.1) is 0 Å². The maximum atomic E-state index is 12.0. The van der Waals surface area contributed by atoms with Crippen LogP contribution in [0.3, 0.4) is 0 Å². The van der Waals surface area contributed by atoms with Crippen molar-refractivity contribution < 1.29 is 4.21 Å². The van der Waals surface area contributed by atoms with Crippen molar-refractivity contribution in [3.8, 4) is 0 Å². The molecular weight excluding hydrogens is 277 g/mol. The van der Waals surface area contributed by atoms with Crippen molar-refractivity contribution in [3.63, 3.8) is 0 Å². The third-order valence-corrected chi connectivity index (χ3v) is 3.69. The molecule has 1 heterocycles. The number of benzene rings is 1. The van der Waals surface area contributed by atoms with Gasteiger partial charge in [0.25, 0.3) is 0 Å². The number of rotatable bonds is 3. The van der Waals surface area contributed by atoms with E-state index < -0.39 is 10.8 Å². The number of hydrogen-bond acceptors (Lipinski definition) is 2. The summed E-state index contributed by atoms with van der Waals surface area (Å²) in [6.45, 7) is 0. The number of halogens is 2. The lowest BCUT2D eigenvalue weighted by atomic mass is 10.4. The summed E-state index contributed by atoms with van der Waals surface area (Å²) in [5, 5.41) is 0.651. The first-order valence-electron chi connectivity index (χ1n) is 4.79. The molecule has 0 N–H and O–H groups in total. The minimum Gasteiger partial charge on any atom is -0.260 e. The average molecular weight is 288 g/mol. The summed E-state index contributed by atoms with van der Waals surface area (Å²) in [4.78, 5) is 4.92. The van der Waals surface area contributed by atoms with Crippen LogP contribution < -0.4 is 0 Å². The summed E-state index contributed by atoms with van der Waals surface area (Å²) < 4.78 is 12.0. The molecule has 17 heavy (non-hydrogen) atoms. The molecule has 2 aromatic rings. The van der Waals surface area contributed by atoms with Crippen LogP contribution in [0.2, 0.25) is 5.02 Å². The van der Waals surface area contributed by atoms with Crippen LogP contribution in [-0.2, 0) is 16.6 Å². The first-order chi connectivity index (χ1) is 7.75. The monoisotopic (exact) mass is 287 g/mol. The first kappa shape index (κ1) is 14.2. The Labute approximate surface area is 114 Å². The van der Waals surface area contributed by atoms with E-state index in [9.17, 15) is 4.21 Å². The Kier molecular flexibility index (Phi) is 5.62. The van der Waals surface area contributed by atoms with Gasteiger partial charge in [-0.25, -0.2) is 0 Å². The third-order valence-electron chi connectivity index (χ3n) is 2.08. The van der Waals surface area contributed by atoms with Crippen molar-refractivity contribution in [1.82, 2.24) is 4.98 Å². The predicted octanol–water partition coefficient (Wildman–Crippen LogP) is 3.46. The van der Waals surface area contributed by atoms with Crippen molar-refractivity contribution in [1.29, 1.82) is 0 Å². The molecule has 90 valence electrons. The minimum absolute atomic E-state index is 0. The van der Waals surface area contributed by atoms with Gasteiger partial charge in [0.2, 0.25) is 0 Å². The van der Waals surface area contributed by atoms with E-state index in [0.29, 0.717) is 10.8 Å². The van der Waals surface area contributed by atoms with Gasteiger partial charge in [-0.05, 0) is 36.4 Å². The van der Waals surface area contributed by atoms with E-state index in [4.69, 9.17) is 11.6 Å². The maximum absolute atomic E-state index is 12.0. The van der Waals surface area contributed by atoms with Crippen LogP contribution in [0.4, 0.5) is 0 Å². The topological polar surface area (TPSA) is 30.0 Å². The van der Waals surface area contributed by atoms with E-state index in [0.717, 1.165) is 10.6 Å². The van der Waals surface area contributed by atoms with Gasteiger partial charge in [0.1, 0.15) is 0 Å². The highest BCUT2D eigenvalue weighted by molar-refractivity contribution is 7.84. The van der Waals surface area contributed by atoms with Crippen molar-refractivity contribution in [3.05, 3.63) is 59.4 Å². The van der Waals surface area contributed by atoms with E-state index in [2.05, 4.69) is 4.98 Å². The molecule has 0 saturated heterocycles. The zero-order valence-corrected chi connectivity index (χ0v) is 11.3. The highest BCUT2D eigenvalue weighted by atomic mass is 35.5. The van der Waals surface area contributed by atoms with Crippen molar-refractivity contribution in [2.45, 2.75) is 10.6 Å². The van der Waals surface area contributed by atoms with Gasteiger partial charge < -0.3 is 0 Å². The molecule has 2 rings (SSSR count). The second-order valence-electron chi connectivity index (χ2n) is 3.26. The van der Waals surface area contributed by atoms with Gasteiger partial charge in [-0.15, -0.1) is 12.4 Å². The van der Waals surface area contributed by atoms with Crippen molar-refractivity contribution in [2.75, 3.05) is 0 Å². The number of nitrogens with zero attached hydrogens (tertiary/aromatic N) is 1. The molecule has 2 nitrogen and oxygen atoms in total.